The van der Waals surface area contributed by atoms with E-state index in [-0.39, 0.29) is 6.61 Å². The van der Waals surface area contributed by atoms with Crippen LogP contribution in [0.25, 0.3) is 0 Å². The molecule has 7 nitrogen and oxygen atoms in total. The van der Waals surface area contributed by atoms with Crippen molar-refractivity contribution in [2.75, 3.05) is 6.61 Å². The van der Waals surface area contributed by atoms with Crippen LogP contribution in [-0.2, 0) is 34.6 Å². The van der Waals surface area contributed by atoms with E-state index in [4.69, 9.17) is 34.0 Å². The Bertz CT molecular complexity index is 1630. The van der Waals surface area contributed by atoms with Gasteiger partial charge in [-0.25, -0.2) is 0 Å². The van der Waals surface area contributed by atoms with Gasteiger partial charge < -0.3 is 32.3 Å². The maximum Gasteiger partial charge on any atom is 0.258 e. The van der Waals surface area contributed by atoms with E-state index in [2.05, 4.69) is 92.4 Å². The molecule has 2 N–H and O–H groups in total. The first-order valence-electron chi connectivity index (χ1n) is 19.4. The fraction of sp³-hybridized carbons (Fsp3) is 0.561. The first-order valence-corrected chi connectivity index (χ1v) is 35.3. The van der Waals surface area contributed by atoms with Crippen molar-refractivity contribution in [1.29, 1.82) is 0 Å². The second kappa shape index (κ2) is 16.9. The fourth-order valence-corrected chi connectivity index (χ4v) is 15.0. The first-order chi connectivity index (χ1) is 24.7. The topological polar surface area (TPSA) is 86.6 Å². The molecule has 0 amide bonds. The number of aryl methyl sites for hydroxylation is 1. The van der Waals surface area contributed by atoms with Crippen LogP contribution in [0, 0.1) is 0 Å². The standard InChI is InChI=1S/C41H67ClO7Si5/c1-40(2,54(44,33-21-17-15-18-22-33)34-23-19-16-20-24-34)28-27-31-29-32(25-26-35(31)42)41(43)39(49-53(12,13)14)38(48-52(9,10)11)37(47-51(6,7)8)36(46-41)30-45-50(3,4)5/h15-26,29,36-39,43-44H,27-28,30H2,1-14H3/t36?,37?,38?,39-,41?/m1/s1. The summed E-state index contributed by atoms with van der Waals surface area (Å²) in [6.45, 7) is 30.3. The minimum atomic E-state index is -3.26. The highest BCUT2D eigenvalue weighted by Crippen LogP contribution is 2.45. The molecule has 0 saturated carbocycles. The van der Waals surface area contributed by atoms with Gasteiger partial charge in [0, 0.05) is 10.6 Å². The largest absolute Gasteiger partial charge is 0.424 e. The molecular weight excluding hydrogens is 780 g/mol. The lowest BCUT2D eigenvalue weighted by atomic mass is 9.87. The zero-order chi connectivity index (χ0) is 40.5. The van der Waals surface area contributed by atoms with Crippen LogP contribution in [0.2, 0.25) is 88.6 Å². The lowest BCUT2D eigenvalue weighted by Gasteiger charge is -2.54. The highest BCUT2D eigenvalue weighted by molar-refractivity contribution is 6.98. The smallest absolute Gasteiger partial charge is 0.258 e. The van der Waals surface area contributed by atoms with Crippen molar-refractivity contribution in [3.05, 3.63) is 95.0 Å². The highest BCUT2D eigenvalue weighted by atomic mass is 35.5. The first kappa shape index (κ1) is 45.5. The average Bonchev–Trinajstić information content (AvgIpc) is 3.05. The van der Waals surface area contributed by atoms with Gasteiger partial charge in [-0.1, -0.05) is 92.2 Å². The van der Waals surface area contributed by atoms with E-state index in [1.165, 1.54) is 0 Å². The number of aliphatic hydroxyl groups is 1. The summed E-state index contributed by atoms with van der Waals surface area (Å²) in [7, 11) is -11.9. The average molecular weight is 848 g/mol. The second-order valence-electron chi connectivity index (χ2n) is 19.4. The maximum absolute atomic E-state index is 13.2. The number of benzene rings is 3. The van der Waals surface area contributed by atoms with E-state index in [9.17, 15) is 9.90 Å². The molecule has 0 aliphatic carbocycles. The van der Waals surface area contributed by atoms with Crippen molar-refractivity contribution in [1.82, 2.24) is 0 Å². The van der Waals surface area contributed by atoms with Crippen LogP contribution in [-0.4, -0.2) is 82.5 Å². The summed E-state index contributed by atoms with van der Waals surface area (Å²) in [5.41, 5.74) is 1.41. The Morgan fingerprint density at radius 3 is 1.63 bits per heavy atom. The summed E-state index contributed by atoms with van der Waals surface area (Å²) >= 11 is 6.99. The SMILES string of the molecule is CC(C)(CCc1cc(C2(O)OC(CO[Si](C)(C)C)C(O[Si](C)(C)C)C(O[Si](C)(C)C)[C@H]2O[Si](C)(C)C)ccc1Cl)[Si](O)(c1ccccc1)c1ccccc1. The molecule has 0 radical (unpaired) electrons. The van der Waals surface area contributed by atoms with E-state index in [0.29, 0.717) is 23.4 Å². The monoisotopic (exact) mass is 846 g/mol. The van der Waals surface area contributed by atoms with Crippen molar-refractivity contribution in [2.24, 2.45) is 0 Å². The molecule has 54 heavy (non-hydrogen) atoms. The summed E-state index contributed by atoms with van der Waals surface area (Å²) in [5.74, 6) is -1.89. The third kappa shape index (κ3) is 11.4. The van der Waals surface area contributed by atoms with Gasteiger partial charge in [0.05, 0.1) is 6.61 Å². The summed E-state index contributed by atoms with van der Waals surface area (Å²) in [4.78, 5) is 12.8. The highest BCUT2D eigenvalue weighted by Gasteiger charge is 2.59. The lowest BCUT2D eigenvalue weighted by molar-refractivity contribution is -0.348. The molecule has 1 fully saturated rings. The Hall–Kier alpha value is -1.25. The molecule has 1 saturated heterocycles. The lowest BCUT2D eigenvalue weighted by Crippen LogP contribution is -2.69. The number of hydrogen-bond acceptors (Lipinski definition) is 7. The number of hydrogen-bond donors (Lipinski definition) is 2. The van der Waals surface area contributed by atoms with E-state index in [1.54, 1.807) is 0 Å². The molecule has 300 valence electrons. The second-order valence-corrected chi connectivity index (χ2v) is 41.7. The Kier molecular flexibility index (Phi) is 14.2. The van der Waals surface area contributed by atoms with Crippen LogP contribution in [0.1, 0.15) is 31.4 Å². The molecule has 3 aromatic rings. The van der Waals surface area contributed by atoms with Gasteiger partial charge in [0.1, 0.15) is 24.4 Å². The van der Waals surface area contributed by atoms with E-state index >= 15 is 0 Å². The summed E-state index contributed by atoms with van der Waals surface area (Å²) in [5, 5.41) is 15.2. The van der Waals surface area contributed by atoms with Crippen molar-refractivity contribution in [2.45, 2.75) is 140 Å². The van der Waals surface area contributed by atoms with E-state index in [1.807, 2.05) is 78.9 Å². The Labute approximate surface area is 336 Å². The molecule has 13 heteroatoms. The Balaban J connectivity index is 1.83. The fourth-order valence-electron chi connectivity index (χ4n) is 7.20. The van der Waals surface area contributed by atoms with Crippen LogP contribution < -0.4 is 10.4 Å². The molecule has 4 unspecified atom stereocenters. The third-order valence-corrected chi connectivity index (χ3v) is 18.6. The third-order valence-electron chi connectivity index (χ3n) is 9.69. The van der Waals surface area contributed by atoms with Gasteiger partial charge in [0.25, 0.3) is 8.32 Å². The number of ether oxygens (including phenoxy) is 1. The Morgan fingerprint density at radius 2 is 1.17 bits per heavy atom. The Morgan fingerprint density at radius 1 is 0.685 bits per heavy atom. The van der Waals surface area contributed by atoms with Crippen molar-refractivity contribution in [3.8, 4) is 0 Å². The van der Waals surface area contributed by atoms with Crippen LogP contribution in [0.5, 0.6) is 0 Å². The molecule has 3 aromatic carbocycles. The molecule has 1 aliphatic rings. The van der Waals surface area contributed by atoms with Gasteiger partial charge in [0.2, 0.25) is 5.79 Å². The zero-order valence-corrected chi connectivity index (χ0v) is 41.0. The molecular formula is C41H67ClO7Si5. The molecule has 0 spiro atoms. The predicted molar refractivity (Wildman–Crippen MR) is 237 cm³/mol. The minimum Gasteiger partial charge on any atom is -0.424 e. The number of rotatable bonds is 16. The van der Waals surface area contributed by atoms with Gasteiger partial charge in [-0.3, -0.25) is 0 Å². The van der Waals surface area contributed by atoms with Gasteiger partial charge in [-0.15, -0.1) is 0 Å². The van der Waals surface area contributed by atoms with Crippen molar-refractivity contribution in [3.63, 3.8) is 0 Å². The zero-order valence-electron chi connectivity index (χ0n) is 35.2. The van der Waals surface area contributed by atoms with Gasteiger partial charge in [-0.05, 0) is 125 Å². The van der Waals surface area contributed by atoms with Crippen molar-refractivity contribution >= 4 is 63.6 Å². The van der Waals surface area contributed by atoms with Gasteiger partial charge >= 0.3 is 0 Å². The van der Waals surface area contributed by atoms with Gasteiger partial charge in [-0.2, -0.15) is 0 Å². The molecule has 0 bridgehead atoms. The van der Waals surface area contributed by atoms with E-state index in [0.717, 1.165) is 15.9 Å². The van der Waals surface area contributed by atoms with Crippen LogP contribution in [0.4, 0.5) is 0 Å². The predicted octanol–water partition coefficient (Wildman–Crippen LogP) is 8.86. The summed E-state index contributed by atoms with van der Waals surface area (Å²) in [6.07, 6.45) is -1.39. The normalized spacial score (nSPS) is 23.4. The van der Waals surface area contributed by atoms with Crippen LogP contribution >= 0.6 is 11.6 Å². The summed E-state index contributed by atoms with van der Waals surface area (Å²) in [6, 6.07) is 25.8. The van der Waals surface area contributed by atoms with Crippen LogP contribution in [0.15, 0.2) is 78.9 Å². The van der Waals surface area contributed by atoms with Gasteiger partial charge in [0.15, 0.2) is 33.3 Å². The molecule has 1 heterocycles. The maximum atomic E-state index is 13.2. The summed E-state index contributed by atoms with van der Waals surface area (Å²) < 4.78 is 34.4. The number of halogens is 1. The van der Waals surface area contributed by atoms with E-state index < -0.39 is 76.8 Å². The molecule has 0 aromatic heterocycles. The van der Waals surface area contributed by atoms with Crippen molar-refractivity contribution < 1.29 is 32.3 Å². The van der Waals surface area contributed by atoms with Crippen LogP contribution in [0.3, 0.4) is 0 Å². The molecule has 5 atom stereocenters. The molecule has 4 rings (SSSR count). The molecule has 1 aliphatic heterocycles. The quantitative estimate of drug-likeness (QED) is 0.139. The minimum absolute atomic E-state index is 0.259.